The van der Waals surface area contributed by atoms with Gasteiger partial charge in [0.25, 0.3) is 0 Å². The molecule has 0 saturated heterocycles. The second kappa shape index (κ2) is 9.97. The largest absolute Gasteiger partial charge is 0.387 e. The van der Waals surface area contributed by atoms with E-state index in [1.165, 1.54) is 16.9 Å². The Morgan fingerprint density at radius 3 is 2.63 bits per heavy atom. The first-order valence-corrected chi connectivity index (χ1v) is 9.84. The van der Waals surface area contributed by atoms with E-state index in [0.29, 0.717) is 18.1 Å². The molecular formula is C21H24N4OS. The number of nitrogens with two attached hydrogens (primary N) is 1. The van der Waals surface area contributed by atoms with Gasteiger partial charge in [-0.3, -0.25) is 4.99 Å². The van der Waals surface area contributed by atoms with Gasteiger partial charge in [-0.15, -0.1) is 11.3 Å². The molecule has 0 spiro atoms. The van der Waals surface area contributed by atoms with Crippen molar-refractivity contribution >= 4 is 28.4 Å². The third-order valence-electron chi connectivity index (χ3n) is 4.16. The van der Waals surface area contributed by atoms with E-state index in [1.54, 1.807) is 0 Å². The summed E-state index contributed by atoms with van der Waals surface area (Å²) in [7, 11) is 0. The zero-order valence-corrected chi connectivity index (χ0v) is 15.9. The first kappa shape index (κ1) is 19.2. The summed E-state index contributed by atoms with van der Waals surface area (Å²) in [5.74, 6) is 0. The molecule has 0 radical (unpaired) electrons. The molecule has 3 rings (SSSR count). The molecule has 0 amide bonds. The summed E-state index contributed by atoms with van der Waals surface area (Å²) in [6, 6.07) is 17.9. The molecule has 4 N–H and O–H groups in total. The van der Waals surface area contributed by atoms with Gasteiger partial charge in [0.05, 0.1) is 17.5 Å². The van der Waals surface area contributed by atoms with Crippen molar-refractivity contribution in [2.45, 2.75) is 18.9 Å². The molecular weight excluding hydrogens is 356 g/mol. The highest BCUT2D eigenvalue weighted by Gasteiger charge is 2.05. The Labute approximate surface area is 163 Å². The molecule has 27 heavy (non-hydrogen) atoms. The van der Waals surface area contributed by atoms with Gasteiger partial charge in [-0.1, -0.05) is 42.5 Å². The Balaban J connectivity index is 1.38. The van der Waals surface area contributed by atoms with Crippen molar-refractivity contribution in [1.82, 2.24) is 10.3 Å². The van der Waals surface area contributed by atoms with Crippen molar-refractivity contribution in [1.29, 1.82) is 0 Å². The molecule has 5 nitrogen and oxygen atoms in total. The zero-order valence-electron chi connectivity index (χ0n) is 15.1. The van der Waals surface area contributed by atoms with Crippen LogP contribution in [0.2, 0.25) is 0 Å². The van der Waals surface area contributed by atoms with Crippen LogP contribution < -0.4 is 11.1 Å². The van der Waals surface area contributed by atoms with Crippen molar-refractivity contribution in [2.75, 3.05) is 18.8 Å². The number of aromatic nitrogens is 1. The lowest BCUT2D eigenvalue weighted by Crippen LogP contribution is -2.23. The molecule has 140 valence electrons. The van der Waals surface area contributed by atoms with Gasteiger partial charge in [0.2, 0.25) is 0 Å². The molecule has 2 aromatic carbocycles. The third-order valence-corrected chi connectivity index (χ3v) is 4.88. The monoisotopic (exact) mass is 380 g/mol. The maximum absolute atomic E-state index is 10.1. The van der Waals surface area contributed by atoms with Crippen molar-refractivity contribution in [3.05, 3.63) is 76.8 Å². The number of hydrogen-bond acceptors (Lipinski definition) is 6. The number of anilines is 1. The van der Waals surface area contributed by atoms with E-state index < -0.39 is 6.10 Å². The molecule has 0 aliphatic carbocycles. The minimum absolute atomic E-state index is 0.476. The van der Waals surface area contributed by atoms with E-state index in [9.17, 15) is 5.11 Å². The van der Waals surface area contributed by atoms with E-state index >= 15 is 0 Å². The van der Waals surface area contributed by atoms with Gasteiger partial charge in [-0.05, 0) is 36.2 Å². The zero-order chi connectivity index (χ0) is 18.9. The maximum Gasteiger partial charge on any atom is 0.180 e. The lowest BCUT2D eigenvalue weighted by molar-refractivity contribution is 0.175. The van der Waals surface area contributed by atoms with E-state index in [-0.39, 0.29) is 0 Å². The number of aliphatic hydroxyl groups excluding tert-OH is 1. The SMILES string of the molecule is Nc1nc(CC=Nc2ccc(CCNC[C@H](O)c3ccccc3)cc2)cs1. The molecule has 1 atom stereocenters. The molecule has 0 saturated carbocycles. The van der Waals surface area contributed by atoms with Crippen LogP contribution in [0.25, 0.3) is 0 Å². The number of hydrogen-bond donors (Lipinski definition) is 3. The number of aliphatic hydroxyl groups is 1. The number of rotatable bonds is 9. The molecule has 0 fully saturated rings. The summed E-state index contributed by atoms with van der Waals surface area (Å²) in [5, 5.41) is 16.0. The van der Waals surface area contributed by atoms with E-state index in [2.05, 4.69) is 27.4 Å². The number of aliphatic imine (C=N–C) groups is 1. The number of benzene rings is 2. The van der Waals surface area contributed by atoms with Crippen molar-refractivity contribution < 1.29 is 5.11 Å². The van der Waals surface area contributed by atoms with Crippen LogP contribution in [0.1, 0.15) is 22.9 Å². The summed E-state index contributed by atoms with van der Waals surface area (Å²) in [4.78, 5) is 8.66. The van der Waals surface area contributed by atoms with Crippen LogP contribution in [0.5, 0.6) is 0 Å². The van der Waals surface area contributed by atoms with Gasteiger partial charge in [-0.2, -0.15) is 0 Å². The molecule has 6 heteroatoms. The summed E-state index contributed by atoms with van der Waals surface area (Å²) in [5.41, 5.74) is 9.67. The number of nitrogens with one attached hydrogen (secondary N) is 1. The van der Waals surface area contributed by atoms with Gasteiger partial charge in [0.1, 0.15) is 0 Å². The summed E-state index contributed by atoms with van der Waals surface area (Å²) >= 11 is 1.45. The van der Waals surface area contributed by atoms with Crippen LogP contribution in [0.4, 0.5) is 10.8 Å². The predicted octanol–water partition coefficient (Wildman–Crippen LogP) is 3.54. The first-order valence-electron chi connectivity index (χ1n) is 8.96. The second-order valence-corrected chi connectivity index (χ2v) is 7.13. The molecule has 0 bridgehead atoms. The lowest BCUT2D eigenvalue weighted by Gasteiger charge is -2.12. The van der Waals surface area contributed by atoms with Crippen LogP contribution in [0.15, 0.2) is 65.0 Å². The van der Waals surface area contributed by atoms with E-state index in [1.807, 2.05) is 54.1 Å². The van der Waals surface area contributed by atoms with E-state index in [0.717, 1.165) is 29.9 Å². The minimum atomic E-state index is -0.476. The fourth-order valence-corrected chi connectivity index (χ4v) is 3.25. The lowest BCUT2D eigenvalue weighted by atomic mass is 10.1. The smallest absolute Gasteiger partial charge is 0.180 e. The molecule has 1 aromatic heterocycles. The van der Waals surface area contributed by atoms with Crippen molar-refractivity contribution in [3.8, 4) is 0 Å². The molecule has 3 aromatic rings. The topological polar surface area (TPSA) is 83.5 Å². The first-order chi connectivity index (χ1) is 13.2. The summed E-state index contributed by atoms with van der Waals surface area (Å²) in [6.45, 7) is 1.37. The third kappa shape index (κ3) is 6.29. The second-order valence-electron chi connectivity index (χ2n) is 6.24. The minimum Gasteiger partial charge on any atom is -0.387 e. The van der Waals surface area contributed by atoms with E-state index in [4.69, 9.17) is 5.73 Å². The average molecular weight is 381 g/mol. The van der Waals surface area contributed by atoms with Gasteiger partial charge in [-0.25, -0.2) is 4.98 Å². The molecule has 0 aliphatic heterocycles. The summed E-state index contributed by atoms with van der Waals surface area (Å²) in [6.07, 6.45) is 2.97. The highest BCUT2D eigenvalue weighted by Crippen LogP contribution is 2.15. The summed E-state index contributed by atoms with van der Waals surface area (Å²) < 4.78 is 0. The van der Waals surface area contributed by atoms with Crippen LogP contribution in [-0.4, -0.2) is 29.4 Å². The Morgan fingerprint density at radius 1 is 1.15 bits per heavy atom. The van der Waals surface area contributed by atoms with Crippen LogP contribution >= 0.6 is 11.3 Å². The Morgan fingerprint density at radius 2 is 1.93 bits per heavy atom. The Hall–Kier alpha value is -2.54. The van der Waals surface area contributed by atoms with Crippen LogP contribution in [0.3, 0.4) is 0 Å². The van der Waals surface area contributed by atoms with Gasteiger partial charge >= 0.3 is 0 Å². The average Bonchev–Trinajstić information content (AvgIpc) is 3.12. The normalized spacial score (nSPS) is 12.5. The fraction of sp³-hybridized carbons (Fsp3) is 0.238. The molecule has 0 unspecified atom stereocenters. The standard InChI is InChI=1S/C21H24N4OS/c22-21-25-19(15-27-21)11-13-24-18-8-6-16(7-9-18)10-12-23-14-20(26)17-4-2-1-3-5-17/h1-9,13,15,20,23,26H,10-12,14H2,(H2,22,25)/t20-/m0/s1. The van der Waals surface area contributed by atoms with Crippen molar-refractivity contribution in [3.63, 3.8) is 0 Å². The highest BCUT2D eigenvalue weighted by atomic mass is 32.1. The predicted molar refractivity (Wildman–Crippen MR) is 113 cm³/mol. The maximum atomic E-state index is 10.1. The number of thiazole rings is 1. The molecule has 1 heterocycles. The number of nitrogen functional groups attached to an aromatic ring is 1. The van der Waals surface area contributed by atoms with Crippen LogP contribution in [0, 0.1) is 0 Å². The Kier molecular flexibility index (Phi) is 7.10. The Bertz CT molecular complexity index is 846. The van der Waals surface area contributed by atoms with Gasteiger partial charge in [0, 0.05) is 24.6 Å². The van der Waals surface area contributed by atoms with Gasteiger partial charge < -0.3 is 16.2 Å². The van der Waals surface area contributed by atoms with Crippen molar-refractivity contribution in [2.24, 2.45) is 4.99 Å². The van der Waals surface area contributed by atoms with Crippen LogP contribution in [-0.2, 0) is 12.8 Å². The quantitative estimate of drug-likeness (QED) is 0.392. The van der Waals surface area contributed by atoms with Gasteiger partial charge in [0.15, 0.2) is 5.13 Å². The fourth-order valence-electron chi connectivity index (χ4n) is 2.67. The highest BCUT2D eigenvalue weighted by molar-refractivity contribution is 7.13. The number of nitrogens with zero attached hydrogens (tertiary/aromatic N) is 2. The molecule has 0 aliphatic rings.